The highest BCUT2D eigenvalue weighted by atomic mass is 16.3. The van der Waals surface area contributed by atoms with E-state index in [9.17, 15) is 5.11 Å². The Morgan fingerprint density at radius 3 is 2.90 bits per heavy atom. The number of rotatable bonds is 5. The average molecular weight is 282 g/mol. The quantitative estimate of drug-likeness (QED) is 0.916. The van der Waals surface area contributed by atoms with Crippen molar-refractivity contribution < 1.29 is 5.11 Å². The molecule has 1 aliphatic rings. The van der Waals surface area contributed by atoms with Crippen LogP contribution in [0.3, 0.4) is 0 Å². The lowest BCUT2D eigenvalue weighted by Gasteiger charge is -2.29. The summed E-state index contributed by atoms with van der Waals surface area (Å²) in [6.07, 6.45) is 4.10. The van der Waals surface area contributed by atoms with Crippen LogP contribution in [0.5, 0.6) is 0 Å². The Morgan fingerprint density at radius 2 is 2.10 bits per heavy atom. The number of aliphatic hydroxyl groups is 1. The third kappa shape index (κ3) is 2.99. The monoisotopic (exact) mass is 282 g/mol. The third-order valence-electron chi connectivity index (χ3n) is 4.42. The number of pyridine rings is 1. The molecule has 0 amide bonds. The Labute approximate surface area is 126 Å². The smallest absolute Gasteiger partial charge is 0.0558 e. The van der Waals surface area contributed by atoms with Gasteiger partial charge in [-0.25, -0.2) is 0 Å². The molecule has 3 rings (SSSR count). The molecule has 1 aromatic heterocycles. The standard InChI is InChI=1S/C18H22N2O/c1-14-16(6-4-10-19-14)13-20(11-12-21)18-9-8-15-5-2-3-7-17(15)18/h2-7,10,18,21H,8-9,11-13H2,1H3. The Morgan fingerprint density at radius 1 is 1.24 bits per heavy atom. The van der Waals surface area contributed by atoms with Crippen LogP contribution >= 0.6 is 0 Å². The first-order valence-electron chi connectivity index (χ1n) is 7.63. The van der Waals surface area contributed by atoms with Gasteiger partial charge >= 0.3 is 0 Å². The number of hydrogen-bond donors (Lipinski definition) is 1. The Kier molecular flexibility index (Phi) is 4.32. The molecule has 0 radical (unpaired) electrons. The highest BCUT2D eigenvalue weighted by molar-refractivity contribution is 5.34. The molecule has 0 saturated heterocycles. The number of aromatic nitrogens is 1. The van der Waals surface area contributed by atoms with E-state index in [1.54, 1.807) is 0 Å². The molecule has 1 atom stereocenters. The van der Waals surface area contributed by atoms with Crippen LogP contribution in [0.15, 0.2) is 42.6 Å². The van der Waals surface area contributed by atoms with Gasteiger partial charge in [-0.3, -0.25) is 9.88 Å². The van der Waals surface area contributed by atoms with Crippen molar-refractivity contribution in [2.24, 2.45) is 0 Å². The van der Waals surface area contributed by atoms with Crippen LogP contribution in [0.4, 0.5) is 0 Å². The average Bonchev–Trinajstić information content (AvgIpc) is 2.93. The van der Waals surface area contributed by atoms with Crippen molar-refractivity contribution in [1.82, 2.24) is 9.88 Å². The van der Waals surface area contributed by atoms with Gasteiger partial charge in [0.15, 0.2) is 0 Å². The summed E-state index contributed by atoms with van der Waals surface area (Å²) in [5, 5.41) is 9.44. The van der Waals surface area contributed by atoms with Crippen molar-refractivity contribution in [3.63, 3.8) is 0 Å². The van der Waals surface area contributed by atoms with Crippen molar-refractivity contribution in [2.45, 2.75) is 32.4 Å². The molecule has 0 bridgehead atoms. The van der Waals surface area contributed by atoms with Crippen LogP contribution in [-0.4, -0.2) is 28.1 Å². The number of fused-ring (bicyclic) bond motifs is 1. The van der Waals surface area contributed by atoms with E-state index in [1.807, 2.05) is 12.3 Å². The first-order chi connectivity index (χ1) is 10.3. The van der Waals surface area contributed by atoms with E-state index in [-0.39, 0.29) is 6.61 Å². The summed E-state index contributed by atoms with van der Waals surface area (Å²) >= 11 is 0. The van der Waals surface area contributed by atoms with Crippen molar-refractivity contribution in [3.05, 3.63) is 65.0 Å². The summed E-state index contributed by atoms with van der Waals surface area (Å²) in [6, 6.07) is 13.2. The van der Waals surface area contributed by atoms with Crippen LogP contribution in [0, 0.1) is 6.92 Å². The largest absolute Gasteiger partial charge is 0.395 e. The second-order valence-electron chi connectivity index (χ2n) is 5.70. The van der Waals surface area contributed by atoms with Crippen LogP contribution in [0.2, 0.25) is 0 Å². The number of aliphatic hydroxyl groups excluding tert-OH is 1. The summed E-state index contributed by atoms with van der Waals surface area (Å²) < 4.78 is 0. The molecule has 1 aliphatic carbocycles. The number of hydrogen-bond acceptors (Lipinski definition) is 3. The van der Waals surface area contributed by atoms with Gasteiger partial charge in [-0.05, 0) is 42.5 Å². The summed E-state index contributed by atoms with van der Waals surface area (Å²) in [4.78, 5) is 6.76. The van der Waals surface area contributed by atoms with Crippen LogP contribution in [0.25, 0.3) is 0 Å². The fraction of sp³-hybridized carbons (Fsp3) is 0.389. The van der Waals surface area contributed by atoms with Gasteiger partial charge in [-0.15, -0.1) is 0 Å². The Bertz CT molecular complexity index is 612. The zero-order valence-electron chi connectivity index (χ0n) is 12.5. The fourth-order valence-corrected chi connectivity index (χ4v) is 3.29. The minimum Gasteiger partial charge on any atom is -0.395 e. The van der Waals surface area contributed by atoms with E-state index >= 15 is 0 Å². The van der Waals surface area contributed by atoms with E-state index in [2.05, 4.69) is 47.1 Å². The zero-order valence-corrected chi connectivity index (χ0v) is 12.5. The van der Waals surface area contributed by atoms with E-state index in [4.69, 9.17) is 0 Å². The summed E-state index contributed by atoms with van der Waals surface area (Å²) in [7, 11) is 0. The van der Waals surface area contributed by atoms with Gasteiger partial charge < -0.3 is 5.11 Å². The van der Waals surface area contributed by atoms with Gasteiger partial charge in [-0.1, -0.05) is 30.3 Å². The van der Waals surface area contributed by atoms with Gasteiger partial charge in [0.25, 0.3) is 0 Å². The van der Waals surface area contributed by atoms with Gasteiger partial charge in [0.1, 0.15) is 0 Å². The molecule has 1 N–H and O–H groups in total. The lowest BCUT2D eigenvalue weighted by atomic mass is 10.1. The molecule has 0 aliphatic heterocycles. The molecule has 1 aromatic carbocycles. The maximum absolute atomic E-state index is 9.44. The number of aryl methyl sites for hydroxylation is 2. The normalized spacial score (nSPS) is 17.2. The van der Waals surface area contributed by atoms with Crippen LogP contribution in [-0.2, 0) is 13.0 Å². The van der Waals surface area contributed by atoms with Crippen molar-refractivity contribution >= 4 is 0 Å². The van der Waals surface area contributed by atoms with E-state index in [1.165, 1.54) is 16.7 Å². The number of nitrogens with zero attached hydrogens (tertiary/aromatic N) is 2. The van der Waals surface area contributed by atoms with Crippen LogP contribution < -0.4 is 0 Å². The SMILES string of the molecule is Cc1ncccc1CN(CCO)C1CCc2ccccc21. The second-order valence-corrected chi connectivity index (χ2v) is 5.70. The summed E-state index contributed by atoms with van der Waals surface area (Å²) in [6.45, 7) is 3.79. The van der Waals surface area contributed by atoms with E-state index < -0.39 is 0 Å². The summed E-state index contributed by atoms with van der Waals surface area (Å²) in [5.41, 5.74) is 5.20. The molecule has 0 spiro atoms. The molecule has 1 heterocycles. The lowest BCUT2D eigenvalue weighted by Crippen LogP contribution is -2.30. The third-order valence-corrected chi connectivity index (χ3v) is 4.42. The summed E-state index contributed by atoms with van der Waals surface area (Å²) in [5.74, 6) is 0. The molecular weight excluding hydrogens is 260 g/mol. The molecular formula is C18H22N2O. The van der Waals surface area contributed by atoms with E-state index in [0.717, 1.165) is 25.1 Å². The first kappa shape index (κ1) is 14.2. The van der Waals surface area contributed by atoms with Crippen molar-refractivity contribution in [2.75, 3.05) is 13.2 Å². The van der Waals surface area contributed by atoms with Gasteiger partial charge in [0, 0.05) is 31.0 Å². The highest BCUT2D eigenvalue weighted by Gasteiger charge is 2.27. The molecule has 110 valence electrons. The minimum atomic E-state index is 0.192. The Hall–Kier alpha value is -1.71. The van der Waals surface area contributed by atoms with E-state index in [0.29, 0.717) is 12.6 Å². The molecule has 21 heavy (non-hydrogen) atoms. The van der Waals surface area contributed by atoms with Crippen molar-refractivity contribution in [1.29, 1.82) is 0 Å². The van der Waals surface area contributed by atoms with Crippen molar-refractivity contribution in [3.8, 4) is 0 Å². The first-order valence-corrected chi connectivity index (χ1v) is 7.63. The molecule has 0 saturated carbocycles. The second kappa shape index (κ2) is 6.37. The number of benzene rings is 1. The topological polar surface area (TPSA) is 36.4 Å². The van der Waals surface area contributed by atoms with Crippen LogP contribution in [0.1, 0.15) is 34.8 Å². The molecule has 2 aromatic rings. The maximum Gasteiger partial charge on any atom is 0.0558 e. The Balaban J connectivity index is 1.84. The zero-order chi connectivity index (χ0) is 14.7. The maximum atomic E-state index is 9.44. The van der Waals surface area contributed by atoms with Gasteiger partial charge in [0.2, 0.25) is 0 Å². The van der Waals surface area contributed by atoms with Gasteiger partial charge in [0.05, 0.1) is 6.61 Å². The fourth-order valence-electron chi connectivity index (χ4n) is 3.29. The molecule has 1 unspecified atom stereocenters. The highest BCUT2D eigenvalue weighted by Crippen LogP contribution is 2.36. The predicted octanol–water partition coefficient (Wildman–Crippen LogP) is 2.87. The lowest BCUT2D eigenvalue weighted by molar-refractivity contribution is 0.142. The molecule has 3 nitrogen and oxygen atoms in total. The molecule has 0 fully saturated rings. The van der Waals surface area contributed by atoms with Gasteiger partial charge in [-0.2, -0.15) is 0 Å². The predicted molar refractivity (Wildman–Crippen MR) is 84.0 cm³/mol. The minimum absolute atomic E-state index is 0.192. The molecule has 3 heteroatoms.